The number of nitrogens with two attached hydrogens (primary N) is 1. The van der Waals surface area contributed by atoms with E-state index in [-0.39, 0.29) is 0 Å². The third-order valence-corrected chi connectivity index (χ3v) is 1.80. The average molecular weight is 161 g/mol. The monoisotopic (exact) mass is 161 g/mol. The molecule has 0 aliphatic rings. The molecule has 0 spiro atoms. The van der Waals surface area contributed by atoms with E-state index in [4.69, 9.17) is 5.26 Å². The van der Waals surface area contributed by atoms with E-state index < -0.39 is 0 Å². The van der Waals surface area contributed by atoms with Crippen LogP contribution in [0, 0.1) is 11.3 Å². The number of rotatable bonds is 3. The van der Waals surface area contributed by atoms with Crippen molar-refractivity contribution < 1.29 is 5.32 Å². The predicted octanol–water partition coefficient (Wildman–Crippen LogP) is 0.294. The van der Waals surface area contributed by atoms with Gasteiger partial charge in [0.1, 0.15) is 0 Å². The number of likely N-dealkylation sites (N-methyl/N-ethyl adjacent to an activating group) is 1. The van der Waals surface area contributed by atoms with Crippen molar-refractivity contribution in [3.8, 4) is 6.07 Å². The first-order chi connectivity index (χ1) is 5.86. The summed E-state index contributed by atoms with van der Waals surface area (Å²) in [7, 11) is 2.06. The van der Waals surface area contributed by atoms with E-state index in [0.717, 1.165) is 18.5 Å². The molecule has 0 saturated carbocycles. The van der Waals surface area contributed by atoms with Gasteiger partial charge in [0.2, 0.25) is 0 Å². The van der Waals surface area contributed by atoms with Crippen LogP contribution in [-0.2, 0) is 6.42 Å². The molecule has 0 saturated heterocycles. The Morgan fingerprint density at radius 1 is 1.33 bits per heavy atom. The molecule has 0 fully saturated rings. The molecule has 62 valence electrons. The maximum atomic E-state index is 8.55. The van der Waals surface area contributed by atoms with Crippen LogP contribution in [0.5, 0.6) is 0 Å². The van der Waals surface area contributed by atoms with Crippen LogP contribution in [-0.4, -0.2) is 13.6 Å². The topological polar surface area (TPSA) is 40.4 Å². The van der Waals surface area contributed by atoms with Crippen molar-refractivity contribution in [1.29, 1.82) is 5.26 Å². The summed E-state index contributed by atoms with van der Waals surface area (Å²) in [5.41, 5.74) is 2.03. The van der Waals surface area contributed by atoms with Gasteiger partial charge >= 0.3 is 0 Å². The Bertz CT molecular complexity index is 269. The number of nitrogens with zero attached hydrogens (tertiary/aromatic N) is 1. The highest BCUT2D eigenvalue weighted by Gasteiger charge is 1.93. The first-order valence-electron chi connectivity index (χ1n) is 4.13. The Morgan fingerprint density at radius 3 is 2.50 bits per heavy atom. The van der Waals surface area contributed by atoms with E-state index in [0.29, 0.717) is 0 Å². The number of quaternary nitrogens is 1. The van der Waals surface area contributed by atoms with Gasteiger partial charge in [-0.3, -0.25) is 0 Å². The molecule has 1 rings (SSSR count). The van der Waals surface area contributed by atoms with E-state index in [1.165, 1.54) is 5.56 Å². The van der Waals surface area contributed by atoms with Gasteiger partial charge in [0.05, 0.1) is 25.2 Å². The fourth-order valence-electron chi connectivity index (χ4n) is 1.06. The third kappa shape index (κ3) is 2.37. The fourth-order valence-corrected chi connectivity index (χ4v) is 1.06. The van der Waals surface area contributed by atoms with Crippen LogP contribution in [0.3, 0.4) is 0 Å². The van der Waals surface area contributed by atoms with Gasteiger partial charge in [0.25, 0.3) is 0 Å². The molecule has 2 heteroatoms. The van der Waals surface area contributed by atoms with Crippen LogP contribution in [0.2, 0.25) is 0 Å². The highest BCUT2D eigenvalue weighted by molar-refractivity contribution is 5.31. The lowest BCUT2D eigenvalue weighted by Gasteiger charge is -1.97. The van der Waals surface area contributed by atoms with Gasteiger partial charge in [-0.25, -0.2) is 0 Å². The Balaban J connectivity index is 2.60. The molecular weight excluding hydrogens is 148 g/mol. The second-order valence-corrected chi connectivity index (χ2v) is 2.76. The Kier molecular flexibility index (Phi) is 3.31. The van der Waals surface area contributed by atoms with Gasteiger partial charge in [-0.1, -0.05) is 12.1 Å². The van der Waals surface area contributed by atoms with Gasteiger partial charge in [0, 0.05) is 6.42 Å². The van der Waals surface area contributed by atoms with Gasteiger partial charge < -0.3 is 5.32 Å². The number of nitriles is 1. The van der Waals surface area contributed by atoms with E-state index in [2.05, 4.69) is 18.4 Å². The predicted molar refractivity (Wildman–Crippen MR) is 47.6 cm³/mol. The molecule has 1 aromatic rings. The van der Waals surface area contributed by atoms with Crippen LogP contribution in [0.1, 0.15) is 11.1 Å². The second-order valence-electron chi connectivity index (χ2n) is 2.76. The lowest BCUT2D eigenvalue weighted by molar-refractivity contribution is -0.626. The van der Waals surface area contributed by atoms with Crippen LogP contribution in [0.25, 0.3) is 0 Å². The largest absolute Gasteiger partial charge is 0.348 e. The Labute approximate surface area is 72.8 Å². The summed E-state index contributed by atoms with van der Waals surface area (Å²) in [6.07, 6.45) is 1.07. The number of benzene rings is 1. The van der Waals surface area contributed by atoms with Crippen molar-refractivity contribution in [3.63, 3.8) is 0 Å². The summed E-state index contributed by atoms with van der Waals surface area (Å²) < 4.78 is 0. The lowest BCUT2D eigenvalue weighted by atomic mass is 10.1. The SMILES string of the molecule is C[NH2+]CCc1ccc(C#N)cc1. The van der Waals surface area contributed by atoms with Crippen LogP contribution in [0.4, 0.5) is 0 Å². The summed E-state index contributed by atoms with van der Waals surface area (Å²) in [6, 6.07) is 9.87. The fraction of sp³-hybridized carbons (Fsp3) is 0.300. The van der Waals surface area contributed by atoms with Gasteiger partial charge in [-0.05, 0) is 17.7 Å². The molecule has 12 heavy (non-hydrogen) atoms. The zero-order chi connectivity index (χ0) is 8.81. The maximum Gasteiger partial charge on any atom is 0.0991 e. The molecule has 0 heterocycles. The van der Waals surface area contributed by atoms with Crippen LogP contribution < -0.4 is 5.32 Å². The first-order valence-corrected chi connectivity index (χ1v) is 4.13. The summed E-state index contributed by atoms with van der Waals surface area (Å²) in [5, 5.41) is 10.7. The number of hydrogen-bond donors (Lipinski definition) is 1. The minimum atomic E-state index is 0.735. The summed E-state index contributed by atoms with van der Waals surface area (Å²) in [5.74, 6) is 0. The molecule has 0 aromatic heterocycles. The summed E-state index contributed by atoms with van der Waals surface area (Å²) in [4.78, 5) is 0. The van der Waals surface area contributed by atoms with Crippen LogP contribution in [0.15, 0.2) is 24.3 Å². The second kappa shape index (κ2) is 4.53. The van der Waals surface area contributed by atoms with Crippen molar-refractivity contribution in [1.82, 2.24) is 0 Å². The standard InChI is InChI=1S/C10H12N2/c1-12-7-6-9-2-4-10(8-11)5-3-9/h2-5,12H,6-7H2,1H3/p+1. The molecule has 0 radical (unpaired) electrons. The van der Waals surface area contributed by atoms with Crippen LogP contribution >= 0.6 is 0 Å². The average Bonchev–Trinajstić information content (AvgIpc) is 2.15. The molecule has 0 aliphatic carbocycles. The van der Waals surface area contributed by atoms with Crippen molar-refractivity contribution >= 4 is 0 Å². The molecule has 1 aromatic carbocycles. The maximum absolute atomic E-state index is 8.55. The third-order valence-electron chi connectivity index (χ3n) is 1.80. The highest BCUT2D eigenvalue weighted by Crippen LogP contribution is 2.02. The van der Waals surface area contributed by atoms with Crippen molar-refractivity contribution in [3.05, 3.63) is 35.4 Å². The van der Waals surface area contributed by atoms with Crippen molar-refractivity contribution in [2.24, 2.45) is 0 Å². The molecule has 0 amide bonds. The highest BCUT2D eigenvalue weighted by atomic mass is 14.8. The van der Waals surface area contributed by atoms with E-state index >= 15 is 0 Å². The quantitative estimate of drug-likeness (QED) is 0.680. The number of hydrogen-bond acceptors (Lipinski definition) is 1. The van der Waals surface area contributed by atoms with Gasteiger partial charge in [0.15, 0.2) is 0 Å². The zero-order valence-electron chi connectivity index (χ0n) is 7.25. The van der Waals surface area contributed by atoms with E-state index in [9.17, 15) is 0 Å². The van der Waals surface area contributed by atoms with E-state index in [1.54, 1.807) is 0 Å². The van der Waals surface area contributed by atoms with Gasteiger partial charge in [-0.2, -0.15) is 5.26 Å². The Hall–Kier alpha value is -1.33. The molecule has 0 unspecified atom stereocenters. The Morgan fingerprint density at radius 2 is 2.00 bits per heavy atom. The van der Waals surface area contributed by atoms with Crippen molar-refractivity contribution in [2.45, 2.75) is 6.42 Å². The molecule has 0 bridgehead atoms. The smallest absolute Gasteiger partial charge is 0.0991 e. The molecular formula is C10H13N2+. The molecule has 2 nitrogen and oxygen atoms in total. The summed E-state index contributed by atoms with van der Waals surface area (Å²) in [6.45, 7) is 1.10. The van der Waals surface area contributed by atoms with E-state index in [1.807, 2.05) is 24.3 Å². The minimum absolute atomic E-state index is 0.735. The van der Waals surface area contributed by atoms with Crippen molar-refractivity contribution in [2.75, 3.05) is 13.6 Å². The normalized spacial score (nSPS) is 9.33. The molecule has 0 aliphatic heterocycles. The zero-order valence-corrected chi connectivity index (χ0v) is 7.25. The molecule has 0 atom stereocenters. The molecule has 2 N–H and O–H groups in total. The van der Waals surface area contributed by atoms with Gasteiger partial charge in [-0.15, -0.1) is 0 Å². The lowest BCUT2D eigenvalue weighted by Crippen LogP contribution is -2.80. The minimum Gasteiger partial charge on any atom is -0.348 e. The first kappa shape index (κ1) is 8.76. The summed E-state index contributed by atoms with van der Waals surface area (Å²) >= 11 is 0.